The summed E-state index contributed by atoms with van der Waals surface area (Å²) in [5.74, 6) is -2.73. The van der Waals surface area contributed by atoms with E-state index in [-0.39, 0.29) is 45.1 Å². The van der Waals surface area contributed by atoms with E-state index in [1.54, 1.807) is 0 Å². The minimum atomic E-state index is -0.909. The third kappa shape index (κ3) is 81.8. The number of unbranched alkanes of at least 4 members (excludes halogenated alkanes) is 39. The molecule has 67 heavy (non-hydrogen) atoms. The molecule has 0 aromatic carbocycles. The summed E-state index contributed by atoms with van der Waals surface area (Å²) in [4.78, 5) is 30.7. The number of rotatable bonds is 51. The van der Waals surface area contributed by atoms with Crippen molar-refractivity contribution in [1.29, 1.82) is 0 Å². The summed E-state index contributed by atoms with van der Waals surface area (Å²) < 4.78 is 0. The topological polar surface area (TPSA) is 120 Å². The molecule has 6 nitrogen and oxygen atoms in total. The van der Waals surface area contributed by atoms with Gasteiger partial charge in [-0.2, -0.15) is 0 Å². The van der Waals surface area contributed by atoms with Crippen LogP contribution in [0, 0.1) is 0 Å². The van der Waals surface area contributed by atoms with E-state index in [2.05, 4.69) is 57.2 Å². The van der Waals surface area contributed by atoms with Gasteiger partial charge in [-0.3, -0.25) is 0 Å². The maximum Gasteiger partial charge on any atom is 3.00 e. The Bertz CT molecular complexity index is 911. The van der Waals surface area contributed by atoms with Crippen LogP contribution < -0.4 is 15.3 Å². The van der Waals surface area contributed by atoms with Crippen LogP contribution in [-0.4, -0.2) is 17.9 Å². The SMILES string of the molecule is CCCCCCCC/C=C\CCCCCCCCCC(=O)[O-].CCCCCCCC/C=C\CCCCCCCCCC(=O)[O-].CCCCCCCC/C=C\CCCCCCCCCC(=O)[O-].[Sc+3]. The third-order valence-electron chi connectivity index (χ3n) is 12.4. The zero-order chi connectivity index (χ0) is 48.9. The van der Waals surface area contributed by atoms with Crippen molar-refractivity contribution in [3.8, 4) is 0 Å². The molecular formula is C60H111O6Sc. The van der Waals surface area contributed by atoms with Crippen molar-refractivity contribution in [2.24, 2.45) is 0 Å². The summed E-state index contributed by atoms with van der Waals surface area (Å²) in [6.07, 6.45) is 71.5. The van der Waals surface area contributed by atoms with Crippen LogP contribution in [0.4, 0.5) is 0 Å². The van der Waals surface area contributed by atoms with E-state index >= 15 is 0 Å². The average Bonchev–Trinajstić information content (AvgIpc) is 3.29. The standard InChI is InChI=1S/3C20H38O2.Sc/c3*1-2-3-4-5-6-7-8-9-10-11-12-13-14-15-16-17-18-19-20(21)22;/h3*9-10H,2-8,11-19H2,1H3,(H,21,22);/q;;;+3/p-3/b3*10-9-;. The van der Waals surface area contributed by atoms with Gasteiger partial charge in [-0.1, -0.05) is 250 Å². The van der Waals surface area contributed by atoms with Crippen molar-refractivity contribution >= 4 is 17.9 Å². The van der Waals surface area contributed by atoms with Gasteiger partial charge in [0.25, 0.3) is 0 Å². The number of hydrogen-bond acceptors (Lipinski definition) is 6. The van der Waals surface area contributed by atoms with Crippen molar-refractivity contribution in [3.63, 3.8) is 0 Å². The molecule has 7 heteroatoms. The third-order valence-corrected chi connectivity index (χ3v) is 12.4. The van der Waals surface area contributed by atoms with E-state index in [0.717, 1.165) is 38.5 Å². The largest absolute Gasteiger partial charge is 3.00 e. The molecular weight excluding hydrogens is 862 g/mol. The van der Waals surface area contributed by atoms with Crippen LogP contribution in [0.2, 0.25) is 0 Å². The fourth-order valence-electron chi connectivity index (χ4n) is 8.08. The Morgan fingerprint density at radius 1 is 0.239 bits per heavy atom. The van der Waals surface area contributed by atoms with Crippen molar-refractivity contribution in [1.82, 2.24) is 0 Å². The summed E-state index contributed by atoms with van der Waals surface area (Å²) in [7, 11) is 0. The van der Waals surface area contributed by atoms with Crippen LogP contribution in [0.3, 0.4) is 0 Å². The van der Waals surface area contributed by atoms with Gasteiger partial charge >= 0.3 is 25.8 Å². The van der Waals surface area contributed by atoms with Gasteiger partial charge in [0.05, 0.1) is 0 Å². The minimum Gasteiger partial charge on any atom is -0.550 e. The van der Waals surface area contributed by atoms with E-state index in [0.29, 0.717) is 0 Å². The predicted molar refractivity (Wildman–Crippen MR) is 281 cm³/mol. The number of allylic oxidation sites excluding steroid dienone is 6. The molecule has 0 spiro atoms. The van der Waals surface area contributed by atoms with E-state index in [1.165, 1.54) is 250 Å². The zero-order valence-corrected chi connectivity index (χ0v) is 46.7. The predicted octanol–water partition coefficient (Wildman–Crippen LogP) is 16.7. The van der Waals surface area contributed by atoms with Crippen molar-refractivity contribution in [2.75, 3.05) is 0 Å². The molecule has 0 atom stereocenters. The van der Waals surface area contributed by atoms with Gasteiger partial charge in [-0.15, -0.1) is 0 Å². The second kappa shape index (κ2) is 68.8. The van der Waals surface area contributed by atoms with Crippen molar-refractivity contribution in [3.05, 3.63) is 36.5 Å². The minimum absolute atomic E-state index is 0. The Morgan fingerprint density at radius 2 is 0.373 bits per heavy atom. The molecule has 390 valence electrons. The molecule has 0 saturated heterocycles. The Kier molecular flexibility index (Phi) is 73.9. The maximum absolute atomic E-state index is 10.2. The van der Waals surface area contributed by atoms with Gasteiger partial charge in [0.1, 0.15) is 0 Å². The molecule has 0 bridgehead atoms. The number of carboxylic acids is 3. The Hall–Kier alpha value is -1.50. The van der Waals surface area contributed by atoms with Crippen molar-refractivity contribution in [2.45, 2.75) is 329 Å². The average molecular weight is 973 g/mol. The second-order valence-corrected chi connectivity index (χ2v) is 19.2. The molecule has 0 radical (unpaired) electrons. The molecule has 0 N–H and O–H groups in total. The van der Waals surface area contributed by atoms with E-state index in [1.807, 2.05) is 0 Å². The monoisotopic (exact) mass is 973 g/mol. The van der Waals surface area contributed by atoms with Crippen LogP contribution in [-0.2, 0) is 40.2 Å². The van der Waals surface area contributed by atoms with Crippen molar-refractivity contribution < 1.29 is 55.5 Å². The fourth-order valence-corrected chi connectivity index (χ4v) is 8.08. The molecule has 0 aromatic heterocycles. The summed E-state index contributed by atoms with van der Waals surface area (Å²) in [6, 6.07) is 0. The Labute approximate surface area is 436 Å². The van der Waals surface area contributed by atoms with E-state index in [4.69, 9.17) is 0 Å². The fraction of sp³-hybridized carbons (Fsp3) is 0.850. The van der Waals surface area contributed by atoms with Gasteiger partial charge in [0, 0.05) is 17.9 Å². The molecule has 0 heterocycles. The number of carboxylic acid groups (broad SMARTS) is 3. The first-order valence-electron chi connectivity index (χ1n) is 28.9. The molecule has 0 rings (SSSR count). The first kappa shape index (κ1) is 72.0. The second-order valence-electron chi connectivity index (χ2n) is 19.2. The van der Waals surface area contributed by atoms with Crippen LogP contribution in [0.15, 0.2) is 36.5 Å². The summed E-state index contributed by atoms with van der Waals surface area (Å²) >= 11 is 0. The van der Waals surface area contributed by atoms with Crippen LogP contribution >= 0.6 is 0 Å². The molecule has 0 aliphatic rings. The number of carbonyl (C=O) groups excluding carboxylic acids is 3. The normalized spacial score (nSPS) is 11.1. The van der Waals surface area contributed by atoms with Crippen LogP contribution in [0.5, 0.6) is 0 Å². The summed E-state index contributed by atoms with van der Waals surface area (Å²) in [6.45, 7) is 6.79. The van der Waals surface area contributed by atoms with Gasteiger partial charge in [-0.05, 0) is 116 Å². The number of carbonyl (C=O) groups is 3. The van der Waals surface area contributed by atoms with E-state index < -0.39 is 17.9 Å². The van der Waals surface area contributed by atoms with E-state index in [9.17, 15) is 29.7 Å². The number of hydrogen-bond donors (Lipinski definition) is 0. The smallest absolute Gasteiger partial charge is 0.550 e. The quantitative estimate of drug-likeness (QED) is 0.0442. The summed E-state index contributed by atoms with van der Waals surface area (Å²) in [5, 5.41) is 30.7. The molecule has 0 saturated carbocycles. The Balaban J connectivity index is -0.000000441. The van der Waals surface area contributed by atoms with Gasteiger partial charge in [0.15, 0.2) is 0 Å². The molecule has 0 unspecified atom stereocenters. The first-order chi connectivity index (χ1) is 32.3. The van der Waals surface area contributed by atoms with Crippen LogP contribution in [0.1, 0.15) is 329 Å². The maximum atomic E-state index is 10.2. The first-order valence-corrected chi connectivity index (χ1v) is 28.9. The van der Waals surface area contributed by atoms with Gasteiger partial charge in [0.2, 0.25) is 0 Å². The summed E-state index contributed by atoms with van der Waals surface area (Å²) in [5.41, 5.74) is 0. The zero-order valence-electron chi connectivity index (χ0n) is 44.9. The molecule has 0 aliphatic carbocycles. The number of aliphatic carboxylic acids is 3. The van der Waals surface area contributed by atoms with Gasteiger partial charge < -0.3 is 29.7 Å². The molecule has 0 aromatic rings. The molecule has 0 amide bonds. The van der Waals surface area contributed by atoms with Crippen LogP contribution in [0.25, 0.3) is 0 Å². The molecule has 0 fully saturated rings. The van der Waals surface area contributed by atoms with Gasteiger partial charge in [-0.25, -0.2) is 0 Å². The molecule has 0 aliphatic heterocycles. The Morgan fingerprint density at radius 3 is 0.522 bits per heavy atom.